The third kappa shape index (κ3) is 20.8. The molecule has 0 bridgehead atoms. The van der Waals surface area contributed by atoms with Gasteiger partial charge in [0.25, 0.3) is 0 Å². The van der Waals surface area contributed by atoms with Crippen molar-refractivity contribution in [3.05, 3.63) is 29.8 Å². The van der Waals surface area contributed by atoms with E-state index in [0.29, 0.717) is 13.0 Å². The van der Waals surface area contributed by atoms with Crippen LogP contribution >= 0.6 is 7.82 Å². The number of phosphoric acid groups is 1. The van der Waals surface area contributed by atoms with Crippen molar-refractivity contribution in [1.82, 2.24) is 0 Å². The number of aliphatic hydroxyl groups is 1. The summed E-state index contributed by atoms with van der Waals surface area (Å²) >= 11 is 0. The number of esters is 1. The Morgan fingerprint density at radius 3 is 2.05 bits per heavy atom. The summed E-state index contributed by atoms with van der Waals surface area (Å²) in [6.45, 7) is 1.04. The second-order valence-corrected chi connectivity index (χ2v) is 12.0. The molecule has 0 fully saturated rings. The highest BCUT2D eigenvalue weighted by molar-refractivity contribution is 7.47. The molecular weight excluding hydrogens is 565 g/mol. The third-order valence-corrected chi connectivity index (χ3v) is 7.58. The monoisotopic (exact) mass is 617 g/mol. The predicted octanol–water partition coefficient (Wildman–Crippen LogP) is 5.54. The fourth-order valence-corrected chi connectivity index (χ4v) is 4.90. The molecular formula is C30H52NO10P. The molecule has 0 amide bonds. The van der Waals surface area contributed by atoms with Crippen LogP contribution in [-0.2, 0) is 34.4 Å². The van der Waals surface area contributed by atoms with Gasteiger partial charge in [-0.25, -0.2) is 4.57 Å². The minimum atomic E-state index is -4.63. The average molecular weight is 618 g/mol. The molecule has 3 atom stereocenters. The molecule has 1 aromatic carbocycles. The zero-order valence-corrected chi connectivity index (χ0v) is 26.0. The summed E-state index contributed by atoms with van der Waals surface area (Å²) in [5, 5.41) is 18.5. The van der Waals surface area contributed by atoms with Crippen molar-refractivity contribution in [2.45, 2.75) is 115 Å². The highest BCUT2D eigenvalue weighted by Crippen LogP contribution is 2.43. The summed E-state index contributed by atoms with van der Waals surface area (Å²) < 4.78 is 31.6. The van der Waals surface area contributed by atoms with E-state index in [1.54, 1.807) is 0 Å². The van der Waals surface area contributed by atoms with Gasteiger partial charge in [-0.3, -0.25) is 18.6 Å². The van der Waals surface area contributed by atoms with Crippen molar-refractivity contribution in [1.29, 1.82) is 0 Å². The van der Waals surface area contributed by atoms with Gasteiger partial charge in [-0.2, -0.15) is 0 Å². The van der Waals surface area contributed by atoms with E-state index in [9.17, 15) is 24.2 Å². The number of nitrogens with two attached hydrogens (primary N) is 1. The fraction of sp³-hybridized carbons (Fsp3) is 0.733. The molecule has 0 heterocycles. The molecule has 0 spiro atoms. The lowest BCUT2D eigenvalue weighted by molar-refractivity contribution is -0.147. The summed E-state index contributed by atoms with van der Waals surface area (Å²) in [6, 6.07) is 6.05. The van der Waals surface area contributed by atoms with Crippen LogP contribution in [0.4, 0.5) is 0 Å². The summed E-state index contributed by atoms with van der Waals surface area (Å²) in [5.74, 6) is -1.21. The number of carboxylic acid groups (broad SMARTS) is 1. The van der Waals surface area contributed by atoms with E-state index in [-0.39, 0.29) is 6.42 Å². The average Bonchev–Trinajstić information content (AvgIpc) is 2.97. The van der Waals surface area contributed by atoms with Crippen LogP contribution in [0.2, 0.25) is 0 Å². The smallest absolute Gasteiger partial charge is 0.472 e. The number of unbranched alkanes of at least 4 members (excludes halogenated alkanes) is 12. The molecule has 42 heavy (non-hydrogen) atoms. The maximum Gasteiger partial charge on any atom is 0.472 e. The highest BCUT2D eigenvalue weighted by atomic mass is 31.2. The fourth-order valence-electron chi connectivity index (χ4n) is 4.12. The minimum absolute atomic E-state index is 0.0740. The number of rotatable bonds is 27. The first-order valence-corrected chi connectivity index (χ1v) is 16.8. The van der Waals surface area contributed by atoms with Gasteiger partial charge >= 0.3 is 19.8 Å². The number of aryl methyl sites for hydroxylation is 1. The van der Waals surface area contributed by atoms with E-state index in [2.05, 4.69) is 16.0 Å². The lowest BCUT2D eigenvalue weighted by Crippen LogP contribution is -2.34. The van der Waals surface area contributed by atoms with Crippen LogP contribution in [0, 0.1) is 0 Å². The van der Waals surface area contributed by atoms with Crippen molar-refractivity contribution < 1.29 is 47.8 Å². The predicted molar refractivity (Wildman–Crippen MR) is 160 cm³/mol. The Kier molecular flexibility index (Phi) is 21.2. The third-order valence-electron chi connectivity index (χ3n) is 6.63. The molecule has 1 aromatic rings. The van der Waals surface area contributed by atoms with Crippen molar-refractivity contribution >= 4 is 19.8 Å². The number of carboxylic acids is 1. The summed E-state index contributed by atoms with van der Waals surface area (Å²) in [4.78, 5) is 32.2. The Bertz CT molecular complexity index is 916. The molecule has 1 unspecified atom stereocenters. The minimum Gasteiger partial charge on any atom is -0.494 e. The molecule has 0 aromatic heterocycles. The van der Waals surface area contributed by atoms with Crippen molar-refractivity contribution in [2.75, 3.05) is 26.4 Å². The number of carbonyl (C=O) groups is 2. The molecule has 0 aliphatic rings. The molecule has 12 heteroatoms. The SMILES string of the molecule is CCCCCCCCCCCCCCCOc1cccc(CCC(=O)OC[C@@H](O)COP(=O)(O)OC[C@H](N)C(=O)O)c1. The van der Waals surface area contributed by atoms with E-state index in [1.807, 2.05) is 24.3 Å². The number of phosphoric ester groups is 1. The lowest BCUT2D eigenvalue weighted by Gasteiger charge is -2.16. The number of benzene rings is 1. The Morgan fingerprint density at radius 1 is 0.881 bits per heavy atom. The first kappa shape index (κ1) is 38.0. The van der Waals surface area contributed by atoms with Crippen LogP contribution in [-0.4, -0.2) is 65.6 Å². The molecule has 1 rings (SSSR count). The Balaban J connectivity index is 2.12. The topological polar surface area (TPSA) is 175 Å². The molecule has 0 aliphatic heterocycles. The molecule has 0 radical (unpaired) electrons. The molecule has 0 saturated heterocycles. The standard InChI is InChI=1S/C30H52NO10P/c1-2-3-4-5-6-7-8-9-10-11-12-13-14-20-38-27-17-15-16-25(21-27)18-19-29(33)39-22-26(32)23-40-42(36,37)41-24-28(31)30(34)35/h15-17,21,26,28,32H,2-14,18-20,22-24,31H2,1H3,(H,34,35)(H,36,37)/t26-,28+/m1/s1. The summed E-state index contributed by atoms with van der Waals surface area (Å²) in [5.41, 5.74) is 6.09. The van der Waals surface area contributed by atoms with E-state index in [4.69, 9.17) is 20.3 Å². The van der Waals surface area contributed by atoms with Crippen molar-refractivity contribution in [3.63, 3.8) is 0 Å². The van der Waals surface area contributed by atoms with Crippen LogP contribution in [0.3, 0.4) is 0 Å². The maximum absolute atomic E-state index is 12.1. The Hall–Kier alpha value is -2.01. The quantitative estimate of drug-likeness (QED) is 0.0554. The van der Waals surface area contributed by atoms with Gasteiger partial charge in [0.2, 0.25) is 0 Å². The molecule has 242 valence electrons. The van der Waals surface area contributed by atoms with E-state index >= 15 is 0 Å². The molecule has 0 saturated carbocycles. The number of aliphatic carboxylic acids is 1. The zero-order valence-electron chi connectivity index (χ0n) is 25.1. The Morgan fingerprint density at radius 2 is 1.45 bits per heavy atom. The molecule has 0 aliphatic carbocycles. The lowest BCUT2D eigenvalue weighted by atomic mass is 10.0. The largest absolute Gasteiger partial charge is 0.494 e. The van der Waals surface area contributed by atoms with Gasteiger partial charge in [0.1, 0.15) is 24.5 Å². The van der Waals surface area contributed by atoms with Crippen molar-refractivity contribution in [2.24, 2.45) is 5.73 Å². The van der Waals surface area contributed by atoms with Crippen LogP contribution in [0.1, 0.15) is 102 Å². The highest BCUT2D eigenvalue weighted by Gasteiger charge is 2.26. The first-order valence-electron chi connectivity index (χ1n) is 15.3. The van der Waals surface area contributed by atoms with Crippen LogP contribution in [0.5, 0.6) is 5.75 Å². The van der Waals surface area contributed by atoms with Gasteiger partial charge in [0.05, 0.1) is 19.8 Å². The summed E-state index contributed by atoms with van der Waals surface area (Å²) in [6.07, 6.45) is 16.0. The second-order valence-electron chi connectivity index (χ2n) is 10.6. The van der Waals surface area contributed by atoms with E-state index in [0.717, 1.165) is 24.2 Å². The summed E-state index contributed by atoms with van der Waals surface area (Å²) in [7, 11) is -4.63. The van der Waals surface area contributed by atoms with Gasteiger partial charge in [-0.15, -0.1) is 0 Å². The van der Waals surface area contributed by atoms with Gasteiger partial charge in [-0.05, 0) is 30.5 Å². The number of hydrogen-bond donors (Lipinski definition) is 4. The maximum atomic E-state index is 12.1. The molecule has 5 N–H and O–H groups in total. The van der Waals surface area contributed by atoms with E-state index < -0.39 is 51.7 Å². The van der Waals surface area contributed by atoms with Crippen LogP contribution in [0.25, 0.3) is 0 Å². The number of carbonyl (C=O) groups excluding carboxylic acids is 1. The first-order chi connectivity index (χ1) is 20.1. The zero-order chi connectivity index (χ0) is 31.1. The molecule has 11 nitrogen and oxygen atoms in total. The van der Waals surface area contributed by atoms with Crippen LogP contribution < -0.4 is 10.5 Å². The van der Waals surface area contributed by atoms with Gasteiger partial charge < -0.3 is 30.3 Å². The normalized spacial score (nSPS) is 14.2. The van der Waals surface area contributed by atoms with E-state index in [1.165, 1.54) is 70.6 Å². The second kappa shape index (κ2) is 23.4. The number of hydrogen-bond acceptors (Lipinski definition) is 9. The Labute approximate surface area is 250 Å². The van der Waals surface area contributed by atoms with Gasteiger partial charge in [-0.1, -0.05) is 96.1 Å². The van der Waals surface area contributed by atoms with Gasteiger partial charge in [0.15, 0.2) is 0 Å². The van der Waals surface area contributed by atoms with Crippen LogP contribution in [0.15, 0.2) is 24.3 Å². The number of ether oxygens (including phenoxy) is 2. The van der Waals surface area contributed by atoms with Gasteiger partial charge in [0, 0.05) is 6.42 Å². The van der Waals surface area contributed by atoms with Crippen molar-refractivity contribution in [3.8, 4) is 5.75 Å². The number of aliphatic hydroxyl groups excluding tert-OH is 1.